The lowest BCUT2D eigenvalue weighted by Crippen LogP contribution is -2.31. The molecule has 2 heterocycles. The average molecular weight is 499 g/mol. The maximum absolute atomic E-state index is 13.5. The molecule has 1 amide bonds. The predicted molar refractivity (Wildman–Crippen MR) is 124 cm³/mol. The molecule has 0 saturated carbocycles. The first kappa shape index (κ1) is 21.8. The Hall–Kier alpha value is -3.40. The lowest BCUT2D eigenvalue weighted by atomic mass is 9.94. The third-order valence-corrected chi connectivity index (χ3v) is 5.79. The van der Waals surface area contributed by atoms with Crippen LogP contribution in [-0.2, 0) is 4.79 Å². The second-order valence-corrected chi connectivity index (χ2v) is 8.10. The van der Waals surface area contributed by atoms with Crippen LogP contribution >= 0.6 is 15.9 Å². The summed E-state index contributed by atoms with van der Waals surface area (Å²) in [6.45, 7) is 6.14. The van der Waals surface area contributed by atoms with Crippen molar-refractivity contribution in [1.29, 1.82) is 0 Å². The summed E-state index contributed by atoms with van der Waals surface area (Å²) in [4.78, 5) is 13.5. The largest absolute Gasteiger partial charge is 0.492 e. The van der Waals surface area contributed by atoms with Gasteiger partial charge in [0.25, 0.3) is 5.91 Å². The number of hydrogen-bond donors (Lipinski definition) is 2. The van der Waals surface area contributed by atoms with Gasteiger partial charge in [-0.15, -0.1) is 0 Å². The molecule has 0 saturated heterocycles. The van der Waals surface area contributed by atoms with E-state index in [1.54, 1.807) is 11.8 Å². The van der Waals surface area contributed by atoms with Gasteiger partial charge < -0.3 is 20.1 Å². The summed E-state index contributed by atoms with van der Waals surface area (Å²) in [6, 6.07) is 10.8. The SMILES string of the molecule is CCOc1cc(C2C(C(=O)Nc3ccccc3C)=C(C)Nc3nnnn32)cc(Br)c1OC. The quantitative estimate of drug-likeness (QED) is 0.527. The first-order chi connectivity index (χ1) is 15.4. The van der Waals surface area contributed by atoms with Crippen molar-refractivity contribution < 1.29 is 14.3 Å². The molecule has 1 unspecified atom stereocenters. The number of nitrogens with zero attached hydrogens (tertiary/aromatic N) is 4. The van der Waals surface area contributed by atoms with Gasteiger partial charge in [-0.1, -0.05) is 23.3 Å². The Balaban J connectivity index is 1.83. The van der Waals surface area contributed by atoms with Crippen LogP contribution in [0, 0.1) is 6.92 Å². The fourth-order valence-electron chi connectivity index (χ4n) is 3.72. The lowest BCUT2D eigenvalue weighted by molar-refractivity contribution is -0.113. The van der Waals surface area contributed by atoms with Crippen LogP contribution in [0.2, 0.25) is 0 Å². The summed E-state index contributed by atoms with van der Waals surface area (Å²) in [5.41, 5.74) is 3.63. The number of amides is 1. The van der Waals surface area contributed by atoms with E-state index in [0.29, 0.717) is 39.8 Å². The Morgan fingerprint density at radius 3 is 2.78 bits per heavy atom. The van der Waals surface area contributed by atoms with Gasteiger partial charge in [0.15, 0.2) is 11.5 Å². The maximum Gasteiger partial charge on any atom is 0.255 e. The molecule has 2 aromatic carbocycles. The van der Waals surface area contributed by atoms with E-state index in [2.05, 4.69) is 42.1 Å². The van der Waals surface area contributed by atoms with E-state index in [1.165, 1.54) is 0 Å². The van der Waals surface area contributed by atoms with Crippen molar-refractivity contribution in [2.45, 2.75) is 26.8 Å². The van der Waals surface area contributed by atoms with Crippen LogP contribution in [0.5, 0.6) is 11.5 Å². The molecule has 0 radical (unpaired) electrons. The fraction of sp³-hybridized carbons (Fsp3) is 0.273. The summed E-state index contributed by atoms with van der Waals surface area (Å²) < 4.78 is 13.6. The maximum atomic E-state index is 13.5. The van der Waals surface area contributed by atoms with E-state index in [9.17, 15) is 4.79 Å². The van der Waals surface area contributed by atoms with Crippen molar-refractivity contribution in [2.75, 3.05) is 24.4 Å². The van der Waals surface area contributed by atoms with E-state index >= 15 is 0 Å². The zero-order chi connectivity index (χ0) is 22.8. The zero-order valence-corrected chi connectivity index (χ0v) is 19.7. The van der Waals surface area contributed by atoms with Crippen LogP contribution in [0.15, 0.2) is 52.1 Å². The number of halogens is 1. The molecular formula is C22H23BrN6O3. The Kier molecular flexibility index (Phi) is 6.13. The molecule has 0 bridgehead atoms. The summed E-state index contributed by atoms with van der Waals surface area (Å²) in [6.07, 6.45) is 0. The number of allylic oxidation sites excluding steroid dienone is 1. The van der Waals surface area contributed by atoms with Crippen LogP contribution in [0.4, 0.5) is 11.6 Å². The number of carbonyl (C=O) groups excluding carboxylic acids is 1. The van der Waals surface area contributed by atoms with Gasteiger partial charge >= 0.3 is 0 Å². The average Bonchev–Trinajstić information content (AvgIpc) is 3.22. The van der Waals surface area contributed by atoms with Gasteiger partial charge in [0.05, 0.1) is 23.8 Å². The van der Waals surface area contributed by atoms with Crippen molar-refractivity contribution in [3.8, 4) is 11.5 Å². The molecule has 166 valence electrons. The standard InChI is InChI=1S/C22H23BrN6O3/c1-5-32-17-11-14(10-15(23)20(17)31-4)19-18(13(3)24-22-26-27-28-29(19)22)21(30)25-16-9-7-6-8-12(16)2/h6-11,19H,5H2,1-4H3,(H,25,30)(H,24,26,28). The number of para-hydroxylation sites is 1. The number of anilines is 2. The van der Waals surface area contributed by atoms with E-state index in [4.69, 9.17) is 9.47 Å². The molecule has 3 aromatic rings. The molecule has 0 aliphatic carbocycles. The molecule has 32 heavy (non-hydrogen) atoms. The molecule has 10 heteroatoms. The van der Waals surface area contributed by atoms with Gasteiger partial charge in [-0.25, -0.2) is 0 Å². The third kappa shape index (κ3) is 3.93. The number of carbonyl (C=O) groups is 1. The number of hydrogen-bond acceptors (Lipinski definition) is 7. The fourth-order valence-corrected chi connectivity index (χ4v) is 4.35. The number of tetrazole rings is 1. The molecule has 2 N–H and O–H groups in total. The van der Waals surface area contributed by atoms with Crippen molar-refractivity contribution in [3.05, 3.63) is 63.3 Å². The normalized spacial score (nSPS) is 15.1. The number of methoxy groups -OCH3 is 1. The minimum atomic E-state index is -0.577. The third-order valence-electron chi connectivity index (χ3n) is 5.20. The van der Waals surface area contributed by atoms with Gasteiger partial charge in [-0.2, -0.15) is 4.68 Å². The number of rotatable bonds is 6. The monoisotopic (exact) mass is 498 g/mol. The van der Waals surface area contributed by atoms with Gasteiger partial charge in [0, 0.05) is 11.4 Å². The molecule has 4 rings (SSSR count). The highest BCUT2D eigenvalue weighted by molar-refractivity contribution is 9.10. The zero-order valence-electron chi connectivity index (χ0n) is 18.1. The van der Waals surface area contributed by atoms with E-state index in [1.807, 2.05) is 57.2 Å². The number of fused-ring (bicyclic) bond motifs is 1. The summed E-state index contributed by atoms with van der Waals surface area (Å²) in [5.74, 6) is 1.34. The molecule has 1 aromatic heterocycles. The van der Waals surface area contributed by atoms with Crippen LogP contribution in [0.25, 0.3) is 0 Å². The van der Waals surface area contributed by atoms with Crippen LogP contribution in [-0.4, -0.2) is 39.8 Å². The summed E-state index contributed by atoms with van der Waals surface area (Å²) in [5, 5.41) is 18.1. The van der Waals surface area contributed by atoms with Gasteiger partial charge in [-0.05, 0) is 76.5 Å². The van der Waals surface area contributed by atoms with Gasteiger partial charge in [-0.3, -0.25) is 4.79 Å². The number of ether oxygens (including phenoxy) is 2. The minimum Gasteiger partial charge on any atom is -0.492 e. The highest BCUT2D eigenvalue weighted by Gasteiger charge is 2.35. The van der Waals surface area contributed by atoms with E-state index < -0.39 is 6.04 Å². The van der Waals surface area contributed by atoms with Crippen molar-refractivity contribution in [3.63, 3.8) is 0 Å². The van der Waals surface area contributed by atoms with Crippen LogP contribution < -0.4 is 20.1 Å². The van der Waals surface area contributed by atoms with Crippen molar-refractivity contribution >= 4 is 33.5 Å². The van der Waals surface area contributed by atoms with Gasteiger partial charge in [0.2, 0.25) is 5.95 Å². The highest BCUT2D eigenvalue weighted by Crippen LogP contribution is 2.42. The van der Waals surface area contributed by atoms with Crippen LogP contribution in [0.1, 0.15) is 31.0 Å². The Morgan fingerprint density at radius 1 is 1.28 bits per heavy atom. The molecule has 0 spiro atoms. The Labute approximate surface area is 193 Å². The first-order valence-electron chi connectivity index (χ1n) is 10.1. The first-order valence-corrected chi connectivity index (χ1v) is 10.9. The van der Waals surface area contributed by atoms with Crippen molar-refractivity contribution in [1.82, 2.24) is 20.2 Å². The molecule has 1 aliphatic heterocycles. The highest BCUT2D eigenvalue weighted by atomic mass is 79.9. The minimum absolute atomic E-state index is 0.250. The van der Waals surface area contributed by atoms with E-state index in [0.717, 1.165) is 16.8 Å². The topological polar surface area (TPSA) is 103 Å². The van der Waals surface area contributed by atoms with Gasteiger partial charge in [0.1, 0.15) is 6.04 Å². The van der Waals surface area contributed by atoms with Crippen LogP contribution in [0.3, 0.4) is 0 Å². The summed E-state index contributed by atoms with van der Waals surface area (Å²) >= 11 is 3.56. The summed E-state index contributed by atoms with van der Waals surface area (Å²) in [7, 11) is 1.58. The lowest BCUT2D eigenvalue weighted by Gasteiger charge is -2.28. The Morgan fingerprint density at radius 2 is 2.06 bits per heavy atom. The number of benzene rings is 2. The number of aromatic nitrogens is 4. The van der Waals surface area contributed by atoms with Crippen molar-refractivity contribution in [2.24, 2.45) is 0 Å². The Bertz CT molecular complexity index is 1210. The molecule has 0 fully saturated rings. The number of nitrogens with one attached hydrogen (secondary N) is 2. The molecule has 9 nitrogen and oxygen atoms in total. The second-order valence-electron chi connectivity index (χ2n) is 7.25. The number of aryl methyl sites for hydroxylation is 1. The molecule has 1 atom stereocenters. The second kappa shape index (κ2) is 8.99. The van der Waals surface area contributed by atoms with E-state index in [-0.39, 0.29) is 5.91 Å². The smallest absolute Gasteiger partial charge is 0.255 e. The molecule has 1 aliphatic rings. The molecular weight excluding hydrogens is 476 g/mol. The predicted octanol–water partition coefficient (Wildman–Crippen LogP) is 4.08.